The molecular weight excluding hydrogens is 887 g/mol. The van der Waals surface area contributed by atoms with Crippen molar-refractivity contribution in [2.24, 2.45) is 5.92 Å². The van der Waals surface area contributed by atoms with Crippen molar-refractivity contribution in [2.45, 2.75) is 13.3 Å². The van der Waals surface area contributed by atoms with Crippen molar-refractivity contribution in [2.75, 3.05) is 0 Å². The van der Waals surface area contributed by atoms with Crippen LogP contribution in [-0.2, 0) is 6.42 Å². The lowest BCUT2D eigenvalue weighted by Crippen LogP contribution is -2.05. The zero-order valence-corrected chi connectivity index (χ0v) is 40.0. The predicted octanol–water partition coefficient (Wildman–Crippen LogP) is 17.4. The Balaban J connectivity index is 1.00. The summed E-state index contributed by atoms with van der Waals surface area (Å²) in [5, 5.41) is 13.1. The van der Waals surface area contributed by atoms with E-state index in [1.165, 1.54) is 65.3 Å². The minimum Gasteiger partial charge on any atom is -0.310 e. The van der Waals surface area contributed by atoms with E-state index in [0.29, 0.717) is 23.4 Å². The highest BCUT2D eigenvalue weighted by molar-refractivity contribution is 6.18. The van der Waals surface area contributed by atoms with Gasteiger partial charge in [-0.3, -0.25) is 0 Å². The molecule has 1 unspecified atom stereocenters. The summed E-state index contributed by atoms with van der Waals surface area (Å²) >= 11 is 0. The smallest absolute Gasteiger partial charge is 0.164 e. The first-order valence-electron chi connectivity index (χ1n) is 25.2. The lowest BCUT2D eigenvalue weighted by molar-refractivity contribution is 0.718. The predicted molar refractivity (Wildman–Crippen MR) is 305 cm³/mol. The van der Waals surface area contributed by atoms with Crippen LogP contribution in [0.25, 0.3) is 139 Å². The molecule has 1 atom stereocenters. The molecule has 0 bridgehead atoms. The molecule has 0 saturated heterocycles. The molecule has 5 heteroatoms. The highest BCUT2D eigenvalue weighted by atomic mass is 15.0. The van der Waals surface area contributed by atoms with Gasteiger partial charge in [0, 0.05) is 49.6 Å². The number of allylic oxidation sites excluding steroid dienone is 1. The van der Waals surface area contributed by atoms with Gasteiger partial charge in [-0.2, -0.15) is 0 Å². The molecule has 11 aromatic carbocycles. The van der Waals surface area contributed by atoms with E-state index in [2.05, 4.69) is 234 Å². The summed E-state index contributed by atoms with van der Waals surface area (Å²) in [6, 6.07) is 81.4. The molecule has 3 heterocycles. The molecule has 5 nitrogen and oxygen atoms in total. The van der Waals surface area contributed by atoms with E-state index in [-0.39, 0.29) is 0 Å². The van der Waals surface area contributed by atoms with Crippen LogP contribution in [0.15, 0.2) is 231 Å². The van der Waals surface area contributed by atoms with E-state index in [1.807, 2.05) is 18.2 Å². The molecule has 1 aliphatic carbocycles. The highest BCUT2D eigenvalue weighted by Gasteiger charge is 2.24. The van der Waals surface area contributed by atoms with Gasteiger partial charge in [0.2, 0.25) is 0 Å². The van der Waals surface area contributed by atoms with Gasteiger partial charge in [0.05, 0.1) is 22.2 Å². The number of fused-ring (bicyclic) bond motifs is 10. The zero-order valence-electron chi connectivity index (χ0n) is 40.0. The topological polar surface area (TPSA) is 48.5 Å². The Morgan fingerprint density at radius 1 is 0.370 bits per heavy atom. The van der Waals surface area contributed by atoms with E-state index in [1.54, 1.807) is 0 Å². The number of rotatable bonds is 6. The summed E-state index contributed by atoms with van der Waals surface area (Å²) in [6.45, 7) is 2.30. The molecule has 14 aromatic rings. The first-order chi connectivity index (χ1) is 36.1. The molecule has 0 aliphatic heterocycles. The number of nitrogens with zero attached hydrogens (tertiary/aromatic N) is 5. The molecule has 0 saturated carbocycles. The van der Waals surface area contributed by atoms with Gasteiger partial charge in [-0.1, -0.05) is 177 Å². The fraction of sp³-hybridized carbons (Fsp3) is 0.0441. The first kappa shape index (κ1) is 41.3. The van der Waals surface area contributed by atoms with Crippen molar-refractivity contribution in [3.8, 4) is 56.7 Å². The van der Waals surface area contributed by atoms with Crippen molar-refractivity contribution >= 4 is 81.9 Å². The molecule has 342 valence electrons. The van der Waals surface area contributed by atoms with E-state index in [0.717, 1.165) is 67.4 Å². The van der Waals surface area contributed by atoms with Gasteiger partial charge in [0.25, 0.3) is 0 Å². The molecule has 0 N–H and O–H groups in total. The van der Waals surface area contributed by atoms with Gasteiger partial charge in [0.15, 0.2) is 17.5 Å². The second kappa shape index (κ2) is 16.3. The quantitative estimate of drug-likeness (QED) is 0.167. The molecule has 0 spiro atoms. The first-order valence-corrected chi connectivity index (χ1v) is 25.2. The Morgan fingerprint density at radius 3 is 1.67 bits per heavy atom. The summed E-state index contributed by atoms with van der Waals surface area (Å²) < 4.78 is 4.89. The van der Waals surface area contributed by atoms with Gasteiger partial charge >= 0.3 is 0 Å². The Morgan fingerprint density at radius 2 is 0.945 bits per heavy atom. The van der Waals surface area contributed by atoms with E-state index in [4.69, 9.17) is 15.0 Å². The maximum Gasteiger partial charge on any atom is 0.164 e. The van der Waals surface area contributed by atoms with Crippen LogP contribution in [0.1, 0.15) is 18.2 Å². The van der Waals surface area contributed by atoms with Crippen LogP contribution in [0.4, 0.5) is 0 Å². The van der Waals surface area contributed by atoms with Gasteiger partial charge < -0.3 is 9.13 Å². The number of hydrogen-bond donors (Lipinski definition) is 0. The summed E-state index contributed by atoms with van der Waals surface area (Å²) in [7, 11) is 0. The Bertz CT molecular complexity index is 4500. The van der Waals surface area contributed by atoms with E-state index < -0.39 is 0 Å². The largest absolute Gasteiger partial charge is 0.310 e. The summed E-state index contributed by atoms with van der Waals surface area (Å²) in [5.74, 6) is 2.33. The van der Waals surface area contributed by atoms with Crippen LogP contribution in [-0.4, -0.2) is 24.1 Å². The van der Waals surface area contributed by atoms with Gasteiger partial charge in [-0.05, 0) is 133 Å². The third-order valence-corrected chi connectivity index (χ3v) is 15.2. The second-order valence-corrected chi connectivity index (χ2v) is 19.7. The van der Waals surface area contributed by atoms with Gasteiger partial charge in [0.1, 0.15) is 0 Å². The third-order valence-electron chi connectivity index (χ3n) is 15.2. The molecular formula is C68H45N5. The Kier molecular flexibility index (Phi) is 9.23. The van der Waals surface area contributed by atoms with Gasteiger partial charge in [-0.25, -0.2) is 15.0 Å². The minimum absolute atomic E-state index is 0.459. The van der Waals surface area contributed by atoms with Crippen molar-refractivity contribution in [3.63, 3.8) is 0 Å². The maximum absolute atomic E-state index is 5.48. The molecule has 1 aliphatic rings. The minimum atomic E-state index is 0.459. The molecule has 15 rings (SSSR count). The van der Waals surface area contributed by atoms with Crippen LogP contribution < -0.4 is 0 Å². The summed E-state index contributed by atoms with van der Waals surface area (Å²) in [5.41, 5.74) is 13.4. The van der Waals surface area contributed by atoms with Crippen LogP contribution in [0.5, 0.6) is 0 Å². The lowest BCUT2D eigenvalue weighted by atomic mass is 9.93. The van der Waals surface area contributed by atoms with E-state index in [9.17, 15) is 0 Å². The SMILES string of the molecule is CC1C=Cc2c(c3ccc(-c4nc(-c5ccccc5)nc(-c5ccc(-n6c7cc8ccccc8cc7c7cc8ccccc8cc76)c6cc(-c7cccc8ccccc78)ccc56)n4)cc3n2-c2ccccc2)C1. The van der Waals surface area contributed by atoms with Gasteiger partial charge in [-0.15, -0.1) is 0 Å². The number of hydrogen-bond acceptors (Lipinski definition) is 3. The molecule has 0 amide bonds. The maximum atomic E-state index is 5.48. The lowest BCUT2D eigenvalue weighted by Gasteiger charge is -2.17. The molecule has 0 fully saturated rings. The normalized spacial score (nSPS) is 13.6. The highest BCUT2D eigenvalue weighted by Crippen LogP contribution is 2.43. The Labute approximate surface area is 421 Å². The van der Waals surface area contributed by atoms with Crippen LogP contribution in [0, 0.1) is 5.92 Å². The van der Waals surface area contributed by atoms with Crippen LogP contribution >= 0.6 is 0 Å². The van der Waals surface area contributed by atoms with Crippen LogP contribution in [0.3, 0.4) is 0 Å². The number of para-hydroxylation sites is 1. The van der Waals surface area contributed by atoms with Crippen molar-refractivity contribution in [1.29, 1.82) is 0 Å². The number of aromatic nitrogens is 5. The third kappa shape index (κ3) is 6.66. The number of benzene rings is 11. The monoisotopic (exact) mass is 931 g/mol. The average molecular weight is 932 g/mol. The fourth-order valence-electron chi connectivity index (χ4n) is 11.8. The average Bonchev–Trinajstić information content (AvgIpc) is 3.93. The van der Waals surface area contributed by atoms with Crippen molar-refractivity contribution in [3.05, 3.63) is 242 Å². The van der Waals surface area contributed by atoms with Crippen molar-refractivity contribution in [1.82, 2.24) is 24.1 Å². The summed E-state index contributed by atoms with van der Waals surface area (Å²) in [6.07, 6.45) is 5.62. The molecule has 73 heavy (non-hydrogen) atoms. The van der Waals surface area contributed by atoms with E-state index >= 15 is 0 Å². The second-order valence-electron chi connectivity index (χ2n) is 19.7. The fourth-order valence-corrected chi connectivity index (χ4v) is 11.8. The zero-order chi connectivity index (χ0) is 48.1. The standard InChI is InChI=1S/C68H45N5/c1-42-27-33-61-57(35-42)55-31-29-50(41-63(55)72(61)51-23-6-3-7-24-51)67-69-66(44-16-4-2-5-17-44)70-68(71-67)56-32-34-62(58-38-49(28-30-54(56)58)53-26-14-22-43-15-12-13-25-52(43)53)73-64-39-47-20-10-8-18-45(47)36-59(64)60-37-46-19-9-11-21-48(46)40-65(60)73/h2-34,36-42H,35H2,1H3. The van der Waals surface area contributed by atoms with Crippen LogP contribution in [0.2, 0.25) is 0 Å². The molecule has 0 radical (unpaired) electrons. The van der Waals surface area contributed by atoms with Crippen molar-refractivity contribution < 1.29 is 0 Å². The summed E-state index contributed by atoms with van der Waals surface area (Å²) in [4.78, 5) is 16.2. The molecule has 3 aromatic heterocycles. The Hall–Kier alpha value is -9.45.